The fourth-order valence-electron chi connectivity index (χ4n) is 1.71. The van der Waals surface area contributed by atoms with Gasteiger partial charge in [-0.1, -0.05) is 23.8 Å². The second-order valence-electron chi connectivity index (χ2n) is 3.14. The molecule has 2 rings (SSSR count). The molecular weight excluding hydrogens is 148 g/mol. The SMILES string of the molecule is [C-]#[N+]c1ccc2c(c1)CCC2N. The lowest BCUT2D eigenvalue weighted by atomic mass is 10.1. The van der Waals surface area contributed by atoms with E-state index in [1.807, 2.05) is 18.2 Å². The average Bonchev–Trinajstić information content (AvgIpc) is 2.47. The van der Waals surface area contributed by atoms with Crippen LogP contribution in [0.15, 0.2) is 18.2 Å². The molecule has 1 unspecified atom stereocenters. The summed E-state index contributed by atoms with van der Waals surface area (Å²) in [4.78, 5) is 3.38. The van der Waals surface area contributed by atoms with E-state index in [1.54, 1.807) is 0 Å². The van der Waals surface area contributed by atoms with Gasteiger partial charge in [0.25, 0.3) is 0 Å². The first kappa shape index (κ1) is 7.33. The Kier molecular flexibility index (Phi) is 1.60. The summed E-state index contributed by atoms with van der Waals surface area (Å²) >= 11 is 0. The summed E-state index contributed by atoms with van der Waals surface area (Å²) < 4.78 is 0. The number of aryl methyl sites for hydroxylation is 1. The van der Waals surface area contributed by atoms with Gasteiger partial charge in [0.1, 0.15) is 0 Å². The lowest BCUT2D eigenvalue weighted by Crippen LogP contribution is -2.04. The van der Waals surface area contributed by atoms with Crippen molar-refractivity contribution in [2.24, 2.45) is 5.73 Å². The van der Waals surface area contributed by atoms with Crippen LogP contribution in [-0.4, -0.2) is 0 Å². The number of rotatable bonds is 0. The minimum Gasteiger partial charge on any atom is -0.324 e. The Labute approximate surface area is 71.8 Å². The number of hydrogen-bond acceptors (Lipinski definition) is 1. The van der Waals surface area contributed by atoms with E-state index in [-0.39, 0.29) is 6.04 Å². The molecule has 1 aromatic carbocycles. The summed E-state index contributed by atoms with van der Waals surface area (Å²) in [5.74, 6) is 0. The molecular formula is C10H10N2. The van der Waals surface area contributed by atoms with Crippen LogP contribution in [0.4, 0.5) is 5.69 Å². The highest BCUT2D eigenvalue weighted by Crippen LogP contribution is 2.31. The second-order valence-corrected chi connectivity index (χ2v) is 3.14. The predicted molar refractivity (Wildman–Crippen MR) is 48.0 cm³/mol. The average molecular weight is 158 g/mol. The molecule has 0 fully saturated rings. The number of fused-ring (bicyclic) bond motifs is 1. The van der Waals surface area contributed by atoms with Gasteiger partial charge in [-0.25, -0.2) is 4.85 Å². The Morgan fingerprint density at radius 2 is 2.33 bits per heavy atom. The zero-order valence-corrected chi connectivity index (χ0v) is 6.75. The molecule has 1 aromatic rings. The maximum absolute atomic E-state index is 6.85. The van der Waals surface area contributed by atoms with Gasteiger partial charge in [0.05, 0.1) is 6.57 Å². The lowest BCUT2D eigenvalue weighted by Gasteiger charge is -2.03. The Balaban J connectivity index is 2.50. The Morgan fingerprint density at radius 3 is 3.08 bits per heavy atom. The topological polar surface area (TPSA) is 30.4 Å². The summed E-state index contributed by atoms with van der Waals surface area (Å²) in [6.45, 7) is 6.85. The molecule has 0 amide bonds. The molecule has 0 spiro atoms. The fourth-order valence-corrected chi connectivity index (χ4v) is 1.71. The molecule has 2 N–H and O–H groups in total. The van der Waals surface area contributed by atoms with Crippen molar-refractivity contribution in [1.29, 1.82) is 0 Å². The zero-order chi connectivity index (χ0) is 8.55. The number of benzene rings is 1. The van der Waals surface area contributed by atoms with E-state index >= 15 is 0 Å². The van der Waals surface area contributed by atoms with E-state index < -0.39 is 0 Å². The molecule has 0 aliphatic heterocycles. The molecule has 0 aromatic heterocycles. The molecule has 1 aliphatic rings. The van der Waals surface area contributed by atoms with Gasteiger partial charge in [-0.15, -0.1) is 0 Å². The molecule has 1 atom stereocenters. The Bertz CT molecular complexity index is 349. The molecule has 0 heterocycles. The number of nitrogens with zero attached hydrogens (tertiary/aromatic N) is 1. The van der Waals surface area contributed by atoms with Gasteiger partial charge in [-0.05, 0) is 18.4 Å². The van der Waals surface area contributed by atoms with E-state index in [0.717, 1.165) is 18.5 Å². The number of hydrogen-bond donors (Lipinski definition) is 1. The molecule has 0 saturated carbocycles. The maximum atomic E-state index is 6.85. The highest BCUT2D eigenvalue weighted by atomic mass is 14.7. The molecule has 0 saturated heterocycles. The monoisotopic (exact) mass is 158 g/mol. The largest absolute Gasteiger partial charge is 0.324 e. The van der Waals surface area contributed by atoms with Crippen LogP contribution in [0.25, 0.3) is 4.85 Å². The molecule has 60 valence electrons. The van der Waals surface area contributed by atoms with E-state index in [2.05, 4.69) is 4.85 Å². The first-order valence-electron chi connectivity index (χ1n) is 4.07. The molecule has 2 nitrogen and oxygen atoms in total. The van der Waals surface area contributed by atoms with Crippen LogP contribution in [-0.2, 0) is 6.42 Å². The number of nitrogens with two attached hydrogens (primary N) is 1. The van der Waals surface area contributed by atoms with Gasteiger partial charge < -0.3 is 5.73 Å². The minimum atomic E-state index is 0.194. The van der Waals surface area contributed by atoms with E-state index in [9.17, 15) is 0 Å². The maximum Gasteiger partial charge on any atom is 0.187 e. The van der Waals surface area contributed by atoms with Crippen LogP contribution in [0, 0.1) is 6.57 Å². The van der Waals surface area contributed by atoms with E-state index in [1.165, 1.54) is 11.1 Å². The third-order valence-electron chi connectivity index (χ3n) is 2.38. The molecule has 12 heavy (non-hydrogen) atoms. The first-order chi connectivity index (χ1) is 5.81. The van der Waals surface area contributed by atoms with Crippen molar-refractivity contribution in [3.05, 3.63) is 40.7 Å². The highest BCUT2D eigenvalue weighted by Gasteiger charge is 2.18. The van der Waals surface area contributed by atoms with Crippen molar-refractivity contribution in [3.8, 4) is 0 Å². The molecule has 1 aliphatic carbocycles. The van der Waals surface area contributed by atoms with Crippen LogP contribution in [0.2, 0.25) is 0 Å². The zero-order valence-electron chi connectivity index (χ0n) is 6.75. The van der Waals surface area contributed by atoms with Crippen molar-refractivity contribution < 1.29 is 0 Å². The molecule has 0 radical (unpaired) electrons. The highest BCUT2D eigenvalue weighted by molar-refractivity contribution is 5.51. The standard InChI is InChI=1S/C10H10N2/c1-12-8-3-4-9-7(6-8)2-5-10(9)11/h3-4,6,10H,2,5,11H2. The first-order valence-corrected chi connectivity index (χ1v) is 4.07. The fraction of sp³-hybridized carbons (Fsp3) is 0.300. The van der Waals surface area contributed by atoms with Crippen molar-refractivity contribution in [2.45, 2.75) is 18.9 Å². The summed E-state index contributed by atoms with van der Waals surface area (Å²) in [7, 11) is 0. The third kappa shape index (κ3) is 0.992. The third-order valence-corrected chi connectivity index (χ3v) is 2.38. The van der Waals surface area contributed by atoms with Crippen LogP contribution in [0.3, 0.4) is 0 Å². The van der Waals surface area contributed by atoms with Crippen LogP contribution in [0.1, 0.15) is 23.6 Å². The molecule has 0 bridgehead atoms. The summed E-state index contributed by atoms with van der Waals surface area (Å²) in [5, 5.41) is 0. The van der Waals surface area contributed by atoms with Crippen molar-refractivity contribution in [3.63, 3.8) is 0 Å². The van der Waals surface area contributed by atoms with E-state index in [0.29, 0.717) is 0 Å². The van der Waals surface area contributed by atoms with Crippen molar-refractivity contribution in [2.75, 3.05) is 0 Å². The summed E-state index contributed by atoms with van der Waals surface area (Å²) in [6, 6.07) is 5.98. The quantitative estimate of drug-likeness (QED) is 0.576. The smallest absolute Gasteiger partial charge is 0.187 e. The van der Waals surface area contributed by atoms with E-state index in [4.69, 9.17) is 12.3 Å². The lowest BCUT2D eigenvalue weighted by molar-refractivity contribution is 0.713. The van der Waals surface area contributed by atoms with Gasteiger partial charge in [0.15, 0.2) is 5.69 Å². The Morgan fingerprint density at radius 1 is 1.50 bits per heavy atom. The second kappa shape index (κ2) is 2.62. The van der Waals surface area contributed by atoms with Crippen LogP contribution < -0.4 is 5.73 Å². The predicted octanol–water partition coefficient (Wildman–Crippen LogP) is 2.18. The van der Waals surface area contributed by atoms with Gasteiger partial charge >= 0.3 is 0 Å². The minimum absolute atomic E-state index is 0.194. The van der Waals surface area contributed by atoms with Crippen LogP contribution in [0.5, 0.6) is 0 Å². The van der Waals surface area contributed by atoms with Crippen molar-refractivity contribution in [1.82, 2.24) is 0 Å². The van der Waals surface area contributed by atoms with Gasteiger partial charge in [-0.3, -0.25) is 0 Å². The molecule has 2 heteroatoms. The van der Waals surface area contributed by atoms with Gasteiger partial charge in [0, 0.05) is 6.04 Å². The van der Waals surface area contributed by atoms with Crippen molar-refractivity contribution >= 4 is 5.69 Å². The van der Waals surface area contributed by atoms with Gasteiger partial charge in [-0.2, -0.15) is 0 Å². The Hall–Kier alpha value is -1.33. The summed E-state index contributed by atoms with van der Waals surface area (Å²) in [5.41, 5.74) is 9.07. The summed E-state index contributed by atoms with van der Waals surface area (Å²) in [6.07, 6.45) is 2.05. The van der Waals surface area contributed by atoms with Gasteiger partial charge in [0.2, 0.25) is 0 Å². The van der Waals surface area contributed by atoms with Crippen LogP contribution >= 0.6 is 0 Å². The normalized spacial score (nSPS) is 20.2.